The number of aromatic nitrogens is 2. The average molecular weight is 594 g/mol. The summed E-state index contributed by atoms with van der Waals surface area (Å²) in [5.41, 5.74) is 1.14. The van der Waals surface area contributed by atoms with Crippen LogP contribution in [0.5, 0.6) is 5.75 Å². The maximum absolute atomic E-state index is 13.2. The predicted octanol–water partition coefficient (Wildman–Crippen LogP) is 4.10. The Balaban J connectivity index is 1.09. The van der Waals surface area contributed by atoms with E-state index in [1.807, 2.05) is 4.90 Å². The molecule has 0 radical (unpaired) electrons. The molecule has 42 heavy (non-hydrogen) atoms. The number of nitrogens with one attached hydrogen (secondary N) is 2. The van der Waals surface area contributed by atoms with Gasteiger partial charge < -0.3 is 34.5 Å². The van der Waals surface area contributed by atoms with E-state index in [2.05, 4.69) is 25.3 Å². The molecule has 4 heterocycles. The van der Waals surface area contributed by atoms with Crippen molar-refractivity contribution >= 4 is 11.7 Å². The Bertz CT molecular complexity index is 1160. The molecule has 10 nitrogen and oxygen atoms in total. The minimum absolute atomic E-state index is 0.0449. The second-order valence-corrected chi connectivity index (χ2v) is 10.9. The van der Waals surface area contributed by atoms with Crippen LogP contribution in [-0.2, 0) is 14.2 Å². The van der Waals surface area contributed by atoms with E-state index in [-0.39, 0.29) is 36.0 Å². The van der Waals surface area contributed by atoms with Crippen LogP contribution >= 0.6 is 0 Å². The Morgan fingerprint density at radius 3 is 2.62 bits per heavy atom. The van der Waals surface area contributed by atoms with Crippen LogP contribution in [0, 0.1) is 0 Å². The monoisotopic (exact) mass is 593 g/mol. The molecule has 1 amide bonds. The van der Waals surface area contributed by atoms with Gasteiger partial charge in [0.2, 0.25) is 0 Å². The molecular formula is C29H38F3N5O5. The number of halogens is 3. The fourth-order valence-electron chi connectivity index (χ4n) is 5.82. The van der Waals surface area contributed by atoms with E-state index in [4.69, 9.17) is 14.2 Å². The van der Waals surface area contributed by atoms with Crippen molar-refractivity contribution in [2.24, 2.45) is 0 Å². The number of methoxy groups -OCH3 is 1. The minimum Gasteiger partial charge on any atom is -0.406 e. The molecule has 0 saturated carbocycles. The highest BCUT2D eigenvalue weighted by molar-refractivity contribution is 5.93. The van der Waals surface area contributed by atoms with Gasteiger partial charge in [0.05, 0.1) is 24.9 Å². The lowest BCUT2D eigenvalue weighted by atomic mass is 9.98. The van der Waals surface area contributed by atoms with Crippen LogP contribution in [0.15, 0.2) is 36.7 Å². The molecule has 1 unspecified atom stereocenters. The van der Waals surface area contributed by atoms with E-state index in [1.165, 1.54) is 18.5 Å². The Morgan fingerprint density at radius 1 is 1.10 bits per heavy atom. The van der Waals surface area contributed by atoms with Gasteiger partial charge in [-0.1, -0.05) is 12.1 Å². The summed E-state index contributed by atoms with van der Waals surface area (Å²) >= 11 is 0. The number of carbonyl (C=O) groups is 1. The first kappa shape index (κ1) is 30.5. The van der Waals surface area contributed by atoms with Crippen LogP contribution in [0.25, 0.3) is 0 Å². The minimum atomic E-state index is -4.72. The van der Waals surface area contributed by atoms with Gasteiger partial charge >= 0.3 is 6.36 Å². The zero-order valence-electron chi connectivity index (χ0n) is 23.6. The summed E-state index contributed by atoms with van der Waals surface area (Å²) in [6.45, 7) is 3.09. The lowest BCUT2D eigenvalue weighted by Crippen LogP contribution is -2.54. The Labute approximate surface area is 243 Å². The number of anilines is 1. The highest BCUT2D eigenvalue weighted by atomic mass is 19.4. The first-order valence-electron chi connectivity index (χ1n) is 14.5. The van der Waals surface area contributed by atoms with Gasteiger partial charge in [-0.15, -0.1) is 13.2 Å². The van der Waals surface area contributed by atoms with Crippen LogP contribution in [0.3, 0.4) is 0 Å². The van der Waals surface area contributed by atoms with Crippen LogP contribution in [0.1, 0.15) is 60.7 Å². The number of hydrogen-bond donors (Lipinski definition) is 2. The standard InChI is InChI=1S/C29H38F3N5O5/c1-39-26-17-40-14-11-23(26)36-20-9-12-37(13-10-20)28(38)24-15-27(35-18-34-24)33-16-22-3-2-4-25(41-22)19-5-7-21(8-6-19)42-29(30,31)32/h5-8,15,18,20,22-23,25-26,36H,2-4,9-14,16-17H2,1H3,(H,33,34,35)/t22-,23?,25+,26-/m1/s1. The summed E-state index contributed by atoms with van der Waals surface area (Å²) in [4.78, 5) is 23.5. The summed E-state index contributed by atoms with van der Waals surface area (Å²) in [6, 6.07) is 8.05. The largest absolute Gasteiger partial charge is 0.573 e. The summed E-state index contributed by atoms with van der Waals surface area (Å²) < 4.78 is 58.6. The van der Waals surface area contributed by atoms with Gasteiger partial charge in [-0.3, -0.25) is 4.79 Å². The topological polar surface area (TPSA) is 107 Å². The molecule has 2 aromatic rings. The molecule has 5 rings (SSSR count). The second kappa shape index (κ2) is 14.0. The molecule has 230 valence electrons. The first-order valence-corrected chi connectivity index (χ1v) is 14.5. The van der Waals surface area contributed by atoms with Crippen LogP contribution in [-0.4, -0.2) is 91.4 Å². The summed E-state index contributed by atoms with van der Waals surface area (Å²) in [5.74, 6) is 0.159. The Hall–Kier alpha value is -3.00. The van der Waals surface area contributed by atoms with E-state index in [0.717, 1.165) is 50.7 Å². The van der Waals surface area contributed by atoms with Crippen molar-refractivity contribution in [2.45, 2.75) is 75.3 Å². The number of hydrogen-bond acceptors (Lipinski definition) is 9. The number of piperidine rings is 1. The number of nitrogens with zero attached hydrogens (tertiary/aromatic N) is 3. The molecule has 13 heteroatoms. The molecule has 1 aromatic carbocycles. The van der Waals surface area contributed by atoms with E-state index < -0.39 is 6.36 Å². The molecule has 0 bridgehead atoms. The molecule has 0 spiro atoms. The fourth-order valence-corrected chi connectivity index (χ4v) is 5.82. The third-order valence-electron chi connectivity index (χ3n) is 8.07. The number of alkyl halides is 3. The molecule has 4 atom stereocenters. The molecule has 2 N–H and O–H groups in total. The SMILES string of the molecule is CO[C@@H]1COCCC1NC1CCN(C(=O)c2cc(NC[C@H]3CCC[C@@H](c4ccc(OC(F)(F)F)cc4)O3)ncn2)CC1. The maximum atomic E-state index is 13.2. The fraction of sp³-hybridized carbons (Fsp3) is 0.621. The van der Waals surface area contributed by atoms with Crippen molar-refractivity contribution in [2.75, 3.05) is 45.3 Å². The maximum Gasteiger partial charge on any atom is 0.573 e. The summed E-state index contributed by atoms with van der Waals surface area (Å²) in [5, 5.41) is 6.96. The van der Waals surface area contributed by atoms with Crippen molar-refractivity contribution in [3.63, 3.8) is 0 Å². The van der Waals surface area contributed by atoms with Gasteiger partial charge in [0.1, 0.15) is 23.6 Å². The zero-order valence-corrected chi connectivity index (χ0v) is 23.6. The van der Waals surface area contributed by atoms with E-state index in [9.17, 15) is 18.0 Å². The molecule has 3 saturated heterocycles. The third-order valence-corrected chi connectivity index (χ3v) is 8.07. The summed E-state index contributed by atoms with van der Waals surface area (Å²) in [7, 11) is 1.71. The quantitative estimate of drug-likeness (QED) is 0.445. The van der Waals surface area contributed by atoms with Gasteiger partial charge in [-0.2, -0.15) is 0 Å². The number of likely N-dealkylation sites (tertiary alicyclic amines) is 1. The lowest BCUT2D eigenvalue weighted by molar-refractivity contribution is -0.274. The van der Waals surface area contributed by atoms with Crippen LogP contribution < -0.4 is 15.4 Å². The van der Waals surface area contributed by atoms with Gasteiger partial charge in [0.25, 0.3) is 5.91 Å². The number of ether oxygens (including phenoxy) is 4. The Morgan fingerprint density at radius 2 is 1.88 bits per heavy atom. The number of benzene rings is 1. The summed E-state index contributed by atoms with van der Waals surface area (Å²) in [6.07, 6.45) is 1.50. The van der Waals surface area contributed by atoms with Gasteiger partial charge in [-0.25, -0.2) is 9.97 Å². The van der Waals surface area contributed by atoms with Crippen molar-refractivity contribution in [3.05, 3.63) is 47.9 Å². The Kier molecular flexibility index (Phi) is 10.1. The average Bonchev–Trinajstić information content (AvgIpc) is 3.00. The molecule has 1 aromatic heterocycles. The molecular weight excluding hydrogens is 555 g/mol. The number of rotatable bonds is 9. The van der Waals surface area contributed by atoms with Crippen LogP contribution in [0.4, 0.5) is 19.0 Å². The molecule has 3 fully saturated rings. The first-order chi connectivity index (χ1) is 20.3. The number of amides is 1. The zero-order chi connectivity index (χ0) is 29.5. The second-order valence-electron chi connectivity index (χ2n) is 10.9. The molecule has 3 aliphatic rings. The molecule has 3 aliphatic heterocycles. The highest BCUT2D eigenvalue weighted by Crippen LogP contribution is 2.33. The van der Waals surface area contributed by atoms with Crippen molar-refractivity contribution < 1.29 is 36.9 Å². The van der Waals surface area contributed by atoms with Gasteiger partial charge in [0, 0.05) is 51.5 Å². The van der Waals surface area contributed by atoms with Crippen LogP contribution in [0.2, 0.25) is 0 Å². The smallest absolute Gasteiger partial charge is 0.406 e. The van der Waals surface area contributed by atoms with E-state index >= 15 is 0 Å². The predicted molar refractivity (Wildman–Crippen MR) is 147 cm³/mol. The van der Waals surface area contributed by atoms with Crippen molar-refractivity contribution in [1.29, 1.82) is 0 Å². The normalized spacial score (nSPS) is 25.7. The van der Waals surface area contributed by atoms with E-state index in [0.29, 0.717) is 43.8 Å². The molecule has 0 aliphatic carbocycles. The van der Waals surface area contributed by atoms with Crippen molar-refractivity contribution in [1.82, 2.24) is 20.2 Å². The number of carbonyl (C=O) groups excluding carboxylic acids is 1. The van der Waals surface area contributed by atoms with Gasteiger partial charge in [-0.05, 0) is 56.2 Å². The van der Waals surface area contributed by atoms with E-state index in [1.54, 1.807) is 25.3 Å². The lowest BCUT2D eigenvalue weighted by Gasteiger charge is -2.38. The third kappa shape index (κ3) is 8.30. The van der Waals surface area contributed by atoms with Crippen molar-refractivity contribution in [3.8, 4) is 5.75 Å². The van der Waals surface area contributed by atoms with Gasteiger partial charge in [0.15, 0.2) is 0 Å². The highest BCUT2D eigenvalue weighted by Gasteiger charge is 2.32.